The van der Waals surface area contributed by atoms with E-state index in [0.29, 0.717) is 5.92 Å². The molecule has 1 aliphatic heterocycles. The third kappa shape index (κ3) is 4.35. The molecule has 0 N–H and O–H groups in total. The van der Waals surface area contributed by atoms with Crippen LogP contribution in [0.15, 0.2) is 53.9 Å². The van der Waals surface area contributed by atoms with Crippen molar-refractivity contribution in [2.45, 2.75) is 45.6 Å². The van der Waals surface area contributed by atoms with E-state index in [2.05, 4.69) is 69.1 Å². The van der Waals surface area contributed by atoms with Crippen LogP contribution in [0.4, 0.5) is 0 Å². The maximum atomic E-state index is 5.38. The summed E-state index contributed by atoms with van der Waals surface area (Å²) in [6.45, 7) is 8.25. The van der Waals surface area contributed by atoms with E-state index in [1.54, 1.807) is 0 Å². The van der Waals surface area contributed by atoms with Gasteiger partial charge in [-0.1, -0.05) is 23.4 Å². The van der Waals surface area contributed by atoms with Crippen molar-refractivity contribution in [3.8, 4) is 5.69 Å². The Balaban J connectivity index is 1.63. The van der Waals surface area contributed by atoms with Gasteiger partial charge >= 0.3 is 0 Å². The maximum Gasteiger partial charge on any atom is 0.122 e. The number of likely N-dealkylation sites (tertiary alicyclic amines) is 1. The van der Waals surface area contributed by atoms with Gasteiger partial charge in [-0.2, -0.15) is 0 Å². The normalized spacial score (nSPS) is 18.5. The highest BCUT2D eigenvalue weighted by Crippen LogP contribution is 2.28. The van der Waals surface area contributed by atoms with Crippen LogP contribution in [-0.2, 0) is 4.84 Å². The summed E-state index contributed by atoms with van der Waals surface area (Å²) in [5.74, 6) is 0.606. The monoisotopic (exact) mass is 390 g/mol. The summed E-state index contributed by atoms with van der Waals surface area (Å²) in [7, 11) is 2.22. The summed E-state index contributed by atoms with van der Waals surface area (Å²) in [6, 6.07) is 15.2. The van der Waals surface area contributed by atoms with E-state index in [1.165, 1.54) is 30.6 Å². The van der Waals surface area contributed by atoms with Crippen molar-refractivity contribution in [1.29, 1.82) is 0 Å². The van der Waals surface area contributed by atoms with Gasteiger partial charge in [0.05, 0.1) is 16.7 Å². The van der Waals surface area contributed by atoms with E-state index in [9.17, 15) is 0 Å². The molecule has 1 saturated heterocycles. The quantitative estimate of drug-likeness (QED) is 0.456. The van der Waals surface area contributed by atoms with Gasteiger partial charge in [-0.05, 0) is 83.0 Å². The van der Waals surface area contributed by atoms with Crippen molar-refractivity contribution in [3.63, 3.8) is 0 Å². The fraction of sp³-hybridized carbons (Fsp3) is 0.417. The summed E-state index contributed by atoms with van der Waals surface area (Å²) in [6.07, 6.45) is 4.52. The summed E-state index contributed by atoms with van der Waals surface area (Å²) in [5, 5.41) is 4.21. The molecule has 1 fully saturated rings. The number of imidazole rings is 1. The number of rotatable bonds is 5. The SMILES string of the molecule is CC(=NOC(C)C)c1ccc2c(c1)ncn2-c1cccc(C2CCCN(C)C2)c1. The van der Waals surface area contributed by atoms with Crippen LogP contribution in [-0.4, -0.2) is 46.4 Å². The van der Waals surface area contributed by atoms with Gasteiger partial charge in [0.1, 0.15) is 12.4 Å². The van der Waals surface area contributed by atoms with Gasteiger partial charge in [-0.15, -0.1) is 0 Å². The third-order valence-electron chi connectivity index (χ3n) is 5.61. The smallest absolute Gasteiger partial charge is 0.122 e. The lowest BCUT2D eigenvalue weighted by molar-refractivity contribution is 0.0860. The molecule has 1 unspecified atom stereocenters. The first-order chi connectivity index (χ1) is 14.0. The number of hydrogen-bond acceptors (Lipinski definition) is 4. The second kappa shape index (κ2) is 8.37. The molecule has 29 heavy (non-hydrogen) atoms. The topological polar surface area (TPSA) is 42.7 Å². The van der Waals surface area contributed by atoms with E-state index in [-0.39, 0.29) is 6.10 Å². The second-order valence-electron chi connectivity index (χ2n) is 8.35. The number of likely N-dealkylation sites (N-methyl/N-ethyl adjacent to an activating group) is 1. The standard InChI is InChI=1S/C24H30N4O/c1-17(2)29-26-18(3)19-10-11-24-23(14-19)25-16-28(24)22-9-5-7-20(13-22)21-8-6-12-27(4)15-21/h5,7,9-11,13-14,16-17,21H,6,8,12,15H2,1-4H3. The highest BCUT2D eigenvalue weighted by molar-refractivity contribution is 6.00. The first-order valence-corrected chi connectivity index (χ1v) is 10.5. The first kappa shape index (κ1) is 19.6. The Labute approximate surface area is 173 Å². The van der Waals surface area contributed by atoms with Crippen LogP contribution in [0.2, 0.25) is 0 Å². The maximum absolute atomic E-state index is 5.38. The minimum Gasteiger partial charge on any atom is -0.393 e. The molecule has 3 aromatic rings. The molecule has 5 nitrogen and oxygen atoms in total. The molecular weight excluding hydrogens is 360 g/mol. The summed E-state index contributed by atoms with van der Waals surface area (Å²) in [5.41, 5.74) is 6.54. The summed E-state index contributed by atoms with van der Waals surface area (Å²) >= 11 is 0. The summed E-state index contributed by atoms with van der Waals surface area (Å²) in [4.78, 5) is 12.5. The Morgan fingerprint density at radius 3 is 2.86 bits per heavy atom. The van der Waals surface area contributed by atoms with Crippen molar-refractivity contribution in [2.24, 2.45) is 5.16 Å². The molecule has 152 valence electrons. The van der Waals surface area contributed by atoms with Crippen LogP contribution in [0, 0.1) is 0 Å². The van der Waals surface area contributed by atoms with Crippen LogP contribution in [0.3, 0.4) is 0 Å². The van der Waals surface area contributed by atoms with Gasteiger partial charge in [0.2, 0.25) is 0 Å². The number of piperidine rings is 1. The Morgan fingerprint density at radius 2 is 2.07 bits per heavy atom. The van der Waals surface area contributed by atoms with Crippen molar-refractivity contribution in [1.82, 2.24) is 14.5 Å². The third-order valence-corrected chi connectivity index (χ3v) is 5.61. The van der Waals surface area contributed by atoms with Gasteiger partial charge in [-0.25, -0.2) is 4.98 Å². The average Bonchev–Trinajstić information content (AvgIpc) is 3.15. The second-order valence-corrected chi connectivity index (χ2v) is 8.35. The van der Waals surface area contributed by atoms with Crippen LogP contribution in [0.1, 0.15) is 50.7 Å². The zero-order valence-electron chi connectivity index (χ0n) is 17.8. The molecule has 0 bridgehead atoms. The highest BCUT2D eigenvalue weighted by Gasteiger charge is 2.19. The van der Waals surface area contributed by atoms with Gasteiger partial charge in [-0.3, -0.25) is 4.57 Å². The Kier molecular flexibility index (Phi) is 5.67. The van der Waals surface area contributed by atoms with Gasteiger partial charge in [0.15, 0.2) is 0 Å². The fourth-order valence-corrected chi connectivity index (χ4v) is 4.05. The van der Waals surface area contributed by atoms with E-state index in [1.807, 2.05) is 27.1 Å². The lowest BCUT2D eigenvalue weighted by atomic mass is 9.90. The van der Waals surface area contributed by atoms with Crippen LogP contribution in [0.25, 0.3) is 16.7 Å². The largest absolute Gasteiger partial charge is 0.393 e. The van der Waals surface area contributed by atoms with E-state index in [0.717, 1.165) is 28.9 Å². The minimum atomic E-state index is 0.0733. The van der Waals surface area contributed by atoms with Crippen molar-refractivity contribution in [3.05, 3.63) is 59.9 Å². The highest BCUT2D eigenvalue weighted by atomic mass is 16.6. The fourth-order valence-electron chi connectivity index (χ4n) is 4.05. The molecule has 0 saturated carbocycles. The lowest BCUT2D eigenvalue weighted by Crippen LogP contribution is -2.30. The molecule has 2 aromatic carbocycles. The zero-order valence-corrected chi connectivity index (χ0v) is 17.8. The van der Waals surface area contributed by atoms with E-state index in [4.69, 9.17) is 4.84 Å². The molecule has 5 heteroatoms. The zero-order chi connectivity index (χ0) is 20.4. The predicted molar refractivity (Wildman–Crippen MR) is 119 cm³/mol. The van der Waals surface area contributed by atoms with Crippen molar-refractivity contribution in [2.75, 3.05) is 20.1 Å². The molecule has 0 spiro atoms. The van der Waals surface area contributed by atoms with Crippen LogP contribution in [0.5, 0.6) is 0 Å². The number of aromatic nitrogens is 2. The van der Waals surface area contributed by atoms with Crippen LogP contribution < -0.4 is 0 Å². The summed E-state index contributed by atoms with van der Waals surface area (Å²) < 4.78 is 2.17. The van der Waals surface area contributed by atoms with Gasteiger partial charge in [0, 0.05) is 17.8 Å². The van der Waals surface area contributed by atoms with Crippen molar-refractivity contribution >= 4 is 16.7 Å². The molecule has 0 radical (unpaired) electrons. The molecule has 0 aliphatic carbocycles. The minimum absolute atomic E-state index is 0.0733. The number of benzene rings is 2. The molecule has 4 rings (SSSR count). The Hall–Kier alpha value is -2.66. The Morgan fingerprint density at radius 1 is 1.21 bits per heavy atom. The molecule has 1 atom stereocenters. The number of nitrogens with zero attached hydrogens (tertiary/aromatic N) is 4. The Bertz CT molecular complexity index is 1020. The number of oxime groups is 1. The first-order valence-electron chi connectivity index (χ1n) is 10.5. The average molecular weight is 391 g/mol. The molecule has 0 amide bonds. The lowest BCUT2D eigenvalue weighted by Gasteiger charge is -2.30. The molecule has 1 aromatic heterocycles. The van der Waals surface area contributed by atoms with E-state index >= 15 is 0 Å². The van der Waals surface area contributed by atoms with Gasteiger partial charge in [0.25, 0.3) is 0 Å². The molecule has 2 heterocycles. The predicted octanol–water partition coefficient (Wildman–Crippen LogP) is 4.98. The molecule has 1 aliphatic rings. The number of fused-ring (bicyclic) bond motifs is 1. The van der Waals surface area contributed by atoms with Gasteiger partial charge < -0.3 is 9.74 Å². The van der Waals surface area contributed by atoms with Crippen molar-refractivity contribution < 1.29 is 4.84 Å². The van der Waals surface area contributed by atoms with Crippen LogP contribution >= 0.6 is 0 Å². The molecular formula is C24H30N4O. The number of hydrogen-bond donors (Lipinski definition) is 0. The van der Waals surface area contributed by atoms with E-state index < -0.39 is 0 Å².